The van der Waals surface area contributed by atoms with E-state index >= 15 is 0 Å². The van der Waals surface area contributed by atoms with Gasteiger partial charge in [0.05, 0.1) is 3.79 Å². The predicted octanol–water partition coefficient (Wildman–Crippen LogP) is 4.03. The van der Waals surface area contributed by atoms with Gasteiger partial charge in [0.1, 0.15) is 0 Å². The molecule has 3 unspecified atom stereocenters. The molecule has 0 aliphatic carbocycles. The average Bonchev–Trinajstić information content (AvgIpc) is 2.88. The summed E-state index contributed by atoms with van der Waals surface area (Å²) in [7, 11) is 2.32. The molecule has 0 aromatic carbocycles. The number of thiophene rings is 1. The molecule has 2 aliphatic rings. The summed E-state index contributed by atoms with van der Waals surface area (Å²) in [5, 5.41) is 3.74. The molecule has 2 fully saturated rings. The number of hydrogen-bond donors (Lipinski definition) is 1. The Balaban J connectivity index is 1.50. The van der Waals surface area contributed by atoms with Crippen LogP contribution in [0.4, 0.5) is 0 Å². The SMILES string of the molecule is CC(NCC1CC2CCC(C1)N2C)c1ccc(Br)s1. The van der Waals surface area contributed by atoms with Crippen molar-refractivity contribution in [2.24, 2.45) is 5.92 Å². The predicted molar refractivity (Wildman–Crippen MR) is 85.7 cm³/mol. The van der Waals surface area contributed by atoms with Gasteiger partial charge in [-0.15, -0.1) is 11.3 Å². The molecular weight excluding hydrogens is 320 g/mol. The number of nitrogens with one attached hydrogen (secondary N) is 1. The zero-order valence-corrected chi connectivity index (χ0v) is 14.1. The Bertz CT molecular complexity index is 420. The number of nitrogens with zero attached hydrogens (tertiary/aromatic N) is 1. The van der Waals surface area contributed by atoms with Crippen LogP contribution in [0.5, 0.6) is 0 Å². The maximum Gasteiger partial charge on any atom is 0.0701 e. The maximum absolute atomic E-state index is 3.74. The second-order valence-electron chi connectivity index (χ2n) is 6.16. The monoisotopic (exact) mass is 342 g/mol. The standard InChI is InChI=1S/C15H23BrN2S/c1-10(14-5-6-15(16)19-14)17-9-11-7-12-3-4-13(8-11)18(12)2/h5-6,10-13,17H,3-4,7-9H2,1-2H3. The minimum atomic E-state index is 0.480. The second-order valence-corrected chi connectivity index (χ2v) is 8.65. The van der Waals surface area contributed by atoms with Gasteiger partial charge < -0.3 is 10.2 Å². The Labute approximate surface area is 128 Å². The molecule has 19 heavy (non-hydrogen) atoms. The molecule has 0 radical (unpaired) electrons. The van der Waals surface area contributed by atoms with Gasteiger partial charge in [-0.1, -0.05) is 0 Å². The van der Waals surface area contributed by atoms with Gasteiger partial charge in [-0.2, -0.15) is 0 Å². The Hall–Kier alpha value is 0.1000. The zero-order valence-electron chi connectivity index (χ0n) is 11.7. The summed E-state index contributed by atoms with van der Waals surface area (Å²) in [6.07, 6.45) is 5.62. The molecule has 1 aromatic rings. The fraction of sp³-hybridized carbons (Fsp3) is 0.733. The van der Waals surface area contributed by atoms with E-state index in [1.54, 1.807) is 0 Å². The van der Waals surface area contributed by atoms with Crippen LogP contribution in [-0.4, -0.2) is 30.6 Å². The van der Waals surface area contributed by atoms with E-state index in [4.69, 9.17) is 0 Å². The summed E-state index contributed by atoms with van der Waals surface area (Å²) in [5.41, 5.74) is 0. The van der Waals surface area contributed by atoms with Crippen molar-refractivity contribution in [3.63, 3.8) is 0 Å². The van der Waals surface area contributed by atoms with Crippen molar-refractivity contribution in [3.8, 4) is 0 Å². The van der Waals surface area contributed by atoms with Gasteiger partial charge >= 0.3 is 0 Å². The molecule has 0 spiro atoms. The molecule has 2 nitrogen and oxygen atoms in total. The first-order valence-corrected chi connectivity index (χ1v) is 8.95. The highest BCUT2D eigenvalue weighted by Gasteiger charge is 2.38. The summed E-state index contributed by atoms with van der Waals surface area (Å²) in [6, 6.07) is 6.57. The van der Waals surface area contributed by atoms with Crippen molar-refractivity contribution >= 4 is 27.3 Å². The third-order valence-electron chi connectivity index (χ3n) is 4.93. The van der Waals surface area contributed by atoms with Crippen LogP contribution in [0, 0.1) is 5.92 Å². The number of halogens is 1. The van der Waals surface area contributed by atoms with Crippen molar-refractivity contribution in [2.45, 2.75) is 50.7 Å². The minimum absolute atomic E-state index is 0.480. The first-order valence-electron chi connectivity index (χ1n) is 7.34. The molecule has 106 valence electrons. The minimum Gasteiger partial charge on any atom is -0.309 e. The first-order chi connectivity index (χ1) is 9.13. The van der Waals surface area contributed by atoms with E-state index in [1.165, 1.54) is 40.9 Å². The highest BCUT2D eigenvalue weighted by molar-refractivity contribution is 9.11. The van der Waals surface area contributed by atoms with Crippen LogP contribution in [0.3, 0.4) is 0 Å². The zero-order chi connectivity index (χ0) is 13.4. The van der Waals surface area contributed by atoms with Crippen LogP contribution in [0.25, 0.3) is 0 Å². The highest BCUT2D eigenvalue weighted by atomic mass is 79.9. The van der Waals surface area contributed by atoms with Crippen LogP contribution in [0.15, 0.2) is 15.9 Å². The topological polar surface area (TPSA) is 15.3 Å². The molecular formula is C15H23BrN2S. The van der Waals surface area contributed by atoms with E-state index in [1.807, 2.05) is 11.3 Å². The van der Waals surface area contributed by atoms with Gasteiger partial charge in [-0.25, -0.2) is 0 Å². The maximum atomic E-state index is 3.74. The van der Waals surface area contributed by atoms with Gasteiger partial charge in [0.25, 0.3) is 0 Å². The summed E-state index contributed by atoms with van der Waals surface area (Å²) < 4.78 is 1.23. The first kappa shape index (κ1) is 14.1. The van der Waals surface area contributed by atoms with E-state index < -0.39 is 0 Å². The lowest BCUT2D eigenvalue weighted by Crippen LogP contribution is -2.42. The second kappa shape index (κ2) is 5.84. The van der Waals surface area contributed by atoms with E-state index in [0.717, 1.165) is 18.0 Å². The Kier molecular flexibility index (Phi) is 4.32. The van der Waals surface area contributed by atoms with Crippen molar-refractivity contribution in [2.75, 3.05) is 13.6 Å². The highest BCUT2D eigenvalue weighted by Crippen LogP contribution is 2.37. The van der Waals surface area contributed by atoms with E-state index in [2.05, 4.69) is 52.3 Å². The normalized spacial score (nSPS) is 32.7. The van der Waals surface area contributed by atoms with Crippen LogP contribution in [0.1, 0.15) is 43.5 Å². The molecule has 3 atom stereocenters. The molecule has 2 aliphatic heterocycles. The molecule has 4 heteroatoms. The summed E-state index contributed by atoms with van der Waals surface area (Å²) in [4.78, 5) is 4.05. The van der Waals surface area contributed by atoms with Crippen molar-refractivity contribution in [1.82, 2.24) is 10.2 Å². The third kappa shape index (κ3) is 3.07. The summed E-state index contributed by atoms with van der Waals surface area (Å²) in [5.74, 6) is 0.875. The largest absolute Gasteiger partial charge is 0.309 e. The Morgan fingerprint density at radius 3 is 2.63 bits per heavy atom. The lowest BCUT2D eigenvalue weighted by molar-refractivity contribution is 0.131. The summed E-state index contributed by atoms with van der Waals surface area (Å²) >= 11 is 5.39. The van der Waals surface area contributed by atoms with Crippen molar-refractivity contribution in [1.29, 1.82) is 0 Å². The van der Waals surface area contributed by atoms with Gasteiger partial charge in [0, 0.05) is 23.0 Å². The molecule has 2 bridgehead atoms. The van der Waals surface area contributed by atoms with E-state index in [9.17, 15) is 0 Å². The fourth-order valence-corrected chi connectivity index (χ4v) is 5.15. The number of piperidine rings is 1. The summed E-state index contributed by atoms with van der Waals surface area (Å²) in [6.45, 7) is 3.46. The Morgan fingerprint density at radius 1 is 1.37 bits per heavy atom. The van der Waals surface area contributed by atoms with E-state index in [0.29, 0.717) is 6.04 Å². The lowest BCUT2D eigenvalue weighted by atomic mass is 9.91. The van der Waals surface area contributed by atoms with Crippen molar-refractivity contribution in [3.05, 3.63) is 20.8 Å². The van der Waals surface area contributed by atoms with Crippen LogP contribution < -0.4 is 5.32 Å². The Morgan fingerprint density at radius 2 is 2.05 bits per heavy atom. The molecule has 0 amide bonds. The van der Waals surface area contributed by atoms with Crippen LogP contribution in [-0.2, 0) is 0 Å². The van der Waals surface area contributed by atoms with Gasteiger partial charge in [-0.05, 0) is 80.2 Å². The van der Waals surface area contributed by atoms with Gasteiger partial charge in [-0.3, -0.25) is 0 Å². The molecule has 3 heterocycles. The van der Waals surface area contributed by atoms with Crippen molar-refractivity contribution < 1.29 is 0 Å². The molecule has 1 N–H and O–H groups in total. The molecule has 2 saturated heterocycles. The third-order valence-corrected chi connectivity index (χ3v) is 6.74. The van der Waals surface area contributed by atoms with E-state index in [-0.39, 0.29) is 0 Å². The number of fused-ring (bicyclic) bond motifs is 2. The number of rotatable bonds is 4. The van der Waals surface area contributed by atoms with Crippen LogP contribution in [0.2, 0.25) is 0 Å². The number of hydrogen-bond acceptors (Lipinski definition) is 3. The lowest BCUT2D eigenvalue weighted by Gasteiger charge is -2.36. The van der Waals surface area contributed by atoms with Gasteiger partial charge in [0.2, 0.25) is 0 Å². The fourth-order valence-electron chi connectivity index (χ4n) is 3.70. The molecule has 0 saturated carbocycles. The quantitative estimate of drug-likeness (QED) is 0.888. The molecule has 1 aromatic heterocycles. The van der Waals surface area contributed by atoms with Crippen LogP contribution >= 0.6 is 27.3 Å². The van der Waals surface area contributed by atoms with Gasteiger partial charge in [0.15, 0.2) is 0 Å². The average molecular weight is 343 g/mol. The smallest absolute Gasteiger partial charge is 0.0701 e. The molecule has 3 rings (SSSR count).